The van der Waals surface area contributed by atoms with Crippen molar-refractivity contribution in [2.24, 2.45) is 0 Å². The van der Waals surface area contributed by atoms with Crippen molar-refractivity contribution in [3.05, 3.63) is 18.0 Å². The number of aromatic nitrogens is 2. The summed E-state index contributed by atoms with van der Waals surface area (Å²) in [5, 5.41) is 10.7. The molecule has 0 saturated carbocycles. The summed E-state index contributed by atoms with van der Waals surface area (Å²) < 4.78 is 1.83. The Morgan fingerprint density at radius 3 is 2.75 bits per heavy atom. The summed E-state index contributed by atoms with van der Waals surface area (Å²) in [5.41, 5.74) is 0.544. The predicted octanol–water partition coefficient (Wildman–Crippen LogP) is 1.93. The first-order valence-corrected chi connectivity index (χ1v) is 6.95. The van der Waals surface area contributed by atoms with Gasteiger partial charge < -0.3 is 10.6 Å². The third-order valence-electron chi connectivity index (χ3n) is 3.49. The zero-order chi connectivity index (χ0) is 14.0. The number of nitrogens with zero attached hydrogens (tertiary/aromatic N) is 2. The number of rotatable bonds is 2. The van der Waals surface area contributed by atoms with E-state index in [-0.39, 0.29) is 29.9 Å². The van der Waals surface area contributed by atoms with Crippen molar-refractivity contribution in [3.63, 3.8) is 0 Å². The van der Waals surface area contributed by atoms with Crippen LogP contribution in [0.5, 0.6) is 0 Å². The topological polar surface area (TPSA) is 59.0 Å². The number of halogens is 1. The van der Waals surface area contributed by atoms with Crippen LogP contribution in [-0.2, 0) is 5.54 Å². The zero-order valence-electron chi connectivity index (χ0n) is 12.6. The second-order valence-electron chi connectivity index (χ2n) is 6.39. The highest BCUT2D eigenvalue weighted by molar-refractivity contribution is 5.93. The van der Waals surface area contributed by atoms with Gasteiger partial charge in [0.25, 0.3) is 5.91 Å². The SMILES string of the molecule is CC1CC(NC(=O)c2cnn(C(C)(C)C)c2)CCN1.Cl. The highest BCUT2D eigenvalue weighted by atomic mass is 35.5. The van der Waals surface area contributed by atoms with Crippen LogP contribution in [0.4, 0.5) is 0 Å². The summed E-state index contributed by atoms with van der Waals surface area (Å²) in [6.45, 7) is 9.31. The van der Waals surface area contributed by atoms with Crippen LogP contribution in [0.2, 0.25) is 0 Å². The molecule has 6 heteroatoms. The molecule has 1 aliphatic heterocycles. The molecule has 1 amide bonds. The van der Waals surface area contributed by atoms with Crippen molar-refractivity contribution in [3.8, 4) is 0 Å². The summed E-state index contributed by atoms with van der Waals surface area (Å²) in [6.07, 6.45) is 5.44. The number of carbonyl (C=O) groups is 1. The Hall–Kier alpha value is -1.07. The lowest BCUT2D eigenvalue weighted by Crippen LogP contribution is -2.46. The number of nitrogens with one attached hydrogen (secondary N) is 2. The standard InChI is InChI=1S/C14H24N4O.ClH/c1-10-7-12(5-6-15-10)17-13(19)11-8-16-18(9-11)14(2,3)4;/h8-10,12,15H,5-7H2,1-4H3,(H,17,19);1H. The summed E-state index contributed by atoms with van der Waals surface area (Å²) in [6, 6.07) is 0.734. The molecule has 2 atom stereocenters. The average molecular weight is 301 g/mol. The average Bonchev–Trinajstić information content (AvgIpc) is 2.77. The van der Waals surface area contributed by atoms with Gasteiger partial charge in [-0.3, -0.25) is 9.48 Å². The van der Waals surface area contributed by atoms with Crippen molar-refractivity contribution >= 4 is 18.3 Å². The zero-order valence-corrected chi connectivity index (χ0v) is 13.5. The van der Waals surface area contributed by atoms with Gasteiger partial charge in [-0.25, -0.2) is 0 Å². The Kier molecular flexibility index (Phi) is 5.59. The third-order valence-corrected chi connectivity index (χ3v) is 3.49. The molecule has 1 aliphatic rings. The Balaban J connectivity index is 0.00000200. The van der Waals surface area contributed by atoms with Crippen molar-refractivity contribution in [1.29, 1.82) is 0 Å². The van der Waals surface area contributed by atoms with E-state index in [0.717, 1.165) is 19.4 Å². The Labute approximate surface area is 126 Å². The van der Waals surface area contributed by atoms with Gasteiger partial charge in [0, 0.05) is 18.3 Å². The second-order valence-corrected chi connectivity index (χ2v) is 6.39. The summed E-state index contributed by atoms with van der Waals surface area (Å²) >= 11 is 0. The fourth-order valence-electron chi connectivity index (χ4n) is 2.34. The van der Waals surface area contributed by atoms with Gasteiger partial charge in [0.05, 0.1) is 17.3 Å². The quantitative estimate of drug-likeness (QED) is 0.877. The highest BCUT2D eigenvalue weighted by Crippen LogP contribution is 2.14. The highest BCUT2D eigenvalue weighted by Gasteiger charge is 2.22. The van der Waals surface area contributed by atoms with Crippen molar-refractivity contribution < 1.29 is 4.79 Å². The first-order chi connectivity index (χ1) is 8.86. The first-order valence-electron chi connectivity index (χ1n) is 6.95. The third kappa shape index (κ3) is 4.21. The Morgan fingerprint density at radius 2 is 2.20 bits per heavy atom. The molecule has 0 bridgehead atoms. The molecule has 0 aromatic carbocycles. The number of hydrogen-bond donors (Lipinski definition) is 2. The number of piperidine rings is 1. The molecular formula is C14H25ClN4O. The first kappa shape index (κ1) is 17.0. The van der Waals surface area contributed by atoms with E-state index in [1.54, 1.807) is 6.20 Å². The molecule has 5 nitrogen and oxygen atoms in total. The molecule has 20 heavy (non-hydrogen) atoms. The molecule has 1 saturated heterocycles. The van der Waals surface area contributed by atoms with Crippen LogP contribution in [0.1, 0.15) is 50.9 Å². The minimum atomic E-state index is -0.0954. The monoisotopic (exact) mass is 300 g/mol. The van der Waals surface area contributed by atoms with Crippen molar-refractivity contribution in [2.45, 2.75) is 58.2 Å². The fourth-order valence-corrected chi connectivity index (χ4v) is 2.34. The molecule has 2 unspecified atom stereocenters. The van der Waals surface area contributed by atoms with Crippen LogP contribution in [0.15, 0.2) is 12.4 Å². The van der Waals surface area contributed by atoms with Gasteiger partial charge >= 0.3 is 0 Å². The van der Waals surface area contributed by atoms with E-state index in [2.05, 4.69) is 43.4 Å². The molecule has 2 N–H and O–H groups in total. The maximum Gasteiger partial charge on any atom is 0.254 e. The molecule has 1 aromatic rings. The van der Waals surface area contributed by atoms with Gasteiger partial charge in [0.15, 0.2) is 0 Å². The van der Waals surface area contributed by atoms with E-state index in [0.29, 0.717) is 11.6 Å². The van der Waals surface area contributed by atoms with Crippen LogP contribution >= 0.6 is 12.4 Å². The normalized spacial score (nSPS) is 23.0. The van der Waals surface area contributed by atoms with Gasteiger partial charge in [-0.2, -0.15) is 5.10 Å². The van der Waals surface area contributed by atoms with E-state index >= 15 is 0 Å². The van der Waals surface area contributed by atoms with Crippen molar-refractivity contribution in [1.82, 2.24) is 20.4 Å². The minimum Gasteiger partial charge on any atom is -0.349 e. The molecule has 1 aromatic heterocycles. The van der Waals surface area contributed by atoms with Crippen LogP contribution in [0, 0.1) is 0 Å². The fraction of sp³-hybridized carbons (Fsp3) is 0.714. The molecule has 0 radical (unpaired) electrons. The van der Waals surface area contributed by atoms with E-state index < -0.39 is 0 Å². The van der Waals surface area contributed by atoms with Crippen LogP contribution < -0.4 is 10.6 Å². The lowest BCUT2D eigenvalue weighted by atomic mass is 10.0. The van der Waals surface area contributed by atoms with Gasteiger partial charge in [-0.15, -0.1) is 12.4 Å². The molecule has 2 rings (SSSR count). The summed E-state index contributed by atoms with van der Waals surface area (Å²) in [4.78, 5) is 12.2. The maximum absolute atomic E-state index is 12.2. The van der Waals surface area contributed by atoms with Crippen molar-refractivity contribution in [2.75, 3.05) is 6.54 Å². The Bertz CT molecular complexity index is 452. The maximum atomic E-state index is 12.2. The molecule has 114 valence electrons. The van der Waals surface area contributed by atoms with E-state index in [1.165, 1.54) is 0 Å². The number of carbonyl (C=O) groups excluding carboxylic acids is 1. The largest absolute Gasteiger partial charge is 0.349 e. The van der Waals surface area contributed by atoms with Crippen LogP contribution in [0.25, 0.3) is 0 Å². The van der Waals surface area contributed by atoms with Crippen LogP contribution in [0.3, 0.4) is 0 Å². The number of hydrogen-bond acceptors (Lipinski definition) is 3. The van der Waals surface area contributed by atoms with E-state index in [9.17, 15) is 4.79 Å². The van der Waals surface area contributed by atoms with Gasteiger partial charge in [0.2, 0.25) is 0 Å². The number of amides is 1. The Morgan fingerprint density at radius 1 is 1.50 bits per heavy atom. The predicted molar refractivity (Wildman–Crippen MR) is 82.4 cm³/mol. The molecule has 0 spiro atoms. The summed E-state index contributed by atoms with van der Waals surface area (Å²) in [5.74, 6) is -0.0189. The van der Waals surface area contributed by atoms with E-state index in [4.69, 9.17) is 0 Å². The van der Waals surface area contributed by atoms with Crippen LogP contribution in [-0.4, -0.2) is 34.3 Å². The molecule has 0 aliphatic carbocycles. The smallest absolute Gasteiger partial charge is 0.254 e. The second kappa shape index (κ2) is 6.59. The minimum absolute atomic E-state index is 0. The lowest BCUT2D eigenvalue weighted by Gasteiger charge is -2.28. The molecule has 1 fully saturated rings. The molecular weight excluding hydrogens is 276 g/mol. The lowest BCUT2D eigenvalue weighted by molar-refractivity contribution is 0.0925. The van der Waals surface area contributed by atoms with Gasteiger partial charge in [0.1, 0.15) is 0 Å². The van der Waals surface area contributed by atoms with Gasteiger partial charge in [-0.05, 0) is 47.1 Å². The summed E-state index contributed by atoms with van der Waals surface area (Å²) in [7, 11) is 0. The molecule has 2 heterocycles. The van der Waals surface area contributed by atoms with E-state index in [1.807, 2.05) is 10.9 Å². The van der Waals surface area contributed by atoms with Gasteiger partial charge in [-0.1, -0.05) is 0 Å².